The van der Waals surface area contributed by atoms with Crippen LogP contribution in [0.5, 0.6) is 0 Å². The molecule has 34 heavy (non-hydrogen) atoms. The molecule has 2 unspecified atom stereocenters. The molecule has 2 atom stereocenters. The van der Waals surface area contributed by atoms with E-state index in [1.165, 1.54) is 25.1 Å². The summed E-state index contributed by atoms with van der Waals surface area (Å²) in [4.78, 5) is 54.5. The van der Waals surface area contributed by atoms with Gasteiger partial charge in [-0.3, -0.25) is 14.4 Å². The number of carbonyl (C=O) groups is 4. The van der Waals surface area contributed by atoms with E-state index in [0.29, 0.717) is 5.71 Å². The van der Waals surface area contributed by atoms with Gasteiger partial charge in [0.25, 0.3) is 5.91 Å². The van der Waals surface area contributed by atoms with Crippen LogP contribution < -0.4 is 5.32 Å². The van der Waals surface area contributed by atoms with Crippen molar-refractivity contribution >= 4 is 52.5 Å². The van der Waals surface area contributed by atoms with Crippen LogP contribution in [0.25, 0.3) is 0 Å². The second-order valence-electron chi connectivity index (χ2n) is 7.67. The summed E-state index contributed by atoms with van der Waals surface area (Å²) < 4.78 is 4.97. The number of hydrogen-bond donors (Lipinski definition) is 2. The summed E-state index contributed by atoms with van der Waals surface area (Å²) in [6, 6.07) is 12.0. The molecule has 0 radical (unpaired) electrons. The molecule has 2 aromatic rings. The van der Waals surface area contributed by atoms with Crippen LogP contribution in [0.4, 0.5) is 0 Å². The van der Waals surface area contributed by atoms with Gasteiger partial charge in [-0.15, -0.1) is 0 Å². The molecular formula is C23H20Cl2N2O7. The number of ether oxygens (including phenoxy) is 1. The van der Waals surface area contributed by atoms with Crippen molar-refractivity contribution in [3.63, 3.8) is 0 Å². The van der Waals surface area contributed by atoms with Crippen molar-refractivity contribution in [2.45, 2.75) is 31.4 Å². The molecule has 1 aliphatic heterocycles. The van der Waals surface area contributed by atoms with Crippen molar-refractivity contribution < 1.29 is 33.9 Å². The molecule has 0 bridgehead atoms. The monoisotopic (exact) mass is 506 g/mol. The van der Waals surface area contributed by atoms with Crippen molar-refractivity contribution in [2.75, 3.05) is 6.61 Å². The van der Waals surface area contributed by atoms with Gasteiger partial charge in [0.15, 0.2) is 12.4 Å². The van der Waals surface area contributed by atoms with Gasteiger partial charge in [0.1, 0.15) is 6.04 Å². The molecule has 0 aliphatic carbocycles. The Labute approximate surface area is 204 Å². The van der Waals surface area contributed by atoms with E-state index in [4.69, 9.17) is 32.8 Å². The van der Waals surface area contributed by atoms with Crippen LogP contribution in [0.3, 0.4) is 0 Å². The lowest BCUT2D eigenvalue weighted by atomic mass is 9.94. The van der Waals surface area contributed by atoms with Crippen molar-refractivity contribution in [3.8, 4) is 0 Å². The highest BCUT2D eigenvalue weighted by Crippen LogP contribution is 2.27. The summed E-state index contributed by atoms with van der Waals surface area (Å²) in [6.07, 6.45) is -0.617. The lowest BCUT2D eigenvalue weighted by molar-refractivity contribution is -0.146. The fourth-order valence-electron chi connectivity index (χ4n) is 3.18. The molecule has 11 heteroatoms. The normalized spacial score (nSPS) is 17.8. The van der Waals surface area contributed by atoms with Crippen LogP contribution in [0.15, 0.2) is 53.7 Å². The van der Waals surface area contributed by atoms with Gasteiger partial charge < -0.3 is 20.0 Å². The first kappa shape index (κ1) is 25.2. The number of oxime groups is 1. The number of halogens is 2. The molecule has 0 saturated carbocycles. The average molecular weight is 507 g/mol. The molecule has 1 amide bonds. The van der Waals surface area contributed by atoms with Gasteiger partial charge in [-0.2, -0.15) is 0 Å². The third-order valence-electron chi connectivity index (χ3n) is 5.03. The van der Waals surface area contributed by atoms with Crippen LogP contribution in [0.1, 0.15) is 35.7 Å². The summed E-state index contributed by atoms with van der Waals surface area (Å²) in [6.45, 7) is 0.672. The predicted molar refractivity (Wildman–Crippen MR) is 123 cm³/mol. The van der Waals surface area contributed by atoms with E-state index in [2.05, 4.69) is 10.5 Å². The Morgan fingerprint density at radius 1 is 1.12 bits per heavy atom. The van der Waals surface area contributed by atoms with Crippen molar-refractivity contribution in [3.05, 3.63) is 69.7 Å². The number of nitrogens with zero attached hydrogens (tertiary/aromatic N) is 1. The Morgan fingerprint density at radius 2 is 1.76 bits per heavy atom. The van der Waals surface area contributed by atoms with E-state index < -0.39 is 48.3 Å². The molecule has 3 rings (SSSR count). The SMILES string of the molecule is CC1(C(=O)NC(CC(=O)O)C(=O)COC(=O)c2c(Cl)cccc2Cl)CC(c2ccccc2)=NO1. The zero-order valence-corrected chi connectivity index (χ0v) is 19.4. The highest BCUT2D eigenvalue weighted by molar-refractivity contribution is 6.39. The number of amides is 1. The molecule has 2 aromatic carbocycles. The van der Waals surface area contributed by atoms with E-state index in [9.17, 15) is 24.3 Å². The van der Waals surface area contributed by atoms with Crippen LogP contribution in [-0.4, -0.2) is 52.7 Å². The molecule has 0 spiro atoms. The molecule has 1 heterocycles. The third kappa shape index (κ3) is 5.92. The van der Waals surface area contributed by atoms with E-state index >= 15 is 0 Å². The number of hydrogen-bond acceptors (Lipinski definition) is 7. The van der Waals surface area contributed by atoms with Crippen molar-refractivity contribution in [2.24, 2.45) is 5.16 Å². The number of carboxylic acid groups (broad SMARTS) is 1. The number of rotatable bonds is 9. The number of carboxylic acids is 1. The lowest BCUT2D eigenvalue weighted by Gasteiger charge is -2.24. The standard InChI is InChI=1S/C23H20Cl2N2O7/c1-23(11-17(27-34-23)13-6-3-2-4-7-13)22(32)26-16(10-19(29)30)18(28)12-33-21(31)20-14(24)8-5-9-15(20)25/h2-9,16H,10-12H2,1H3,(H,26,32)(H,29,30). The third-order valence-corrected chi connectivity index (χ3v) is 5.66. The van der Waals surface area contributed by atoms with Crippen molar-refractivity contribution in [1.29, 1.82) is 0 Å². The maximum Gasteiger partial charge on any atom is 0.341 e. The van der Waals surface area contributed by atoms with Gasteiger partial charge in [-0.1, -0.05) is 64.8 Å². The fourth-order valence-corrected chi connectivity index (χ4v) is 3.73. The number of ketones is 1. The number of nitrogens with one attached hydrogen (secondary N) is 1. The van der Waals surface area contributed by atoms with Gasteiger partial charge in [-0.05, 0) is 24.6 Å². The minimum Gasteiger partial charge on any atom is -0.481 e. The number of benzene rings is 2. The predicted octanol–water partition coefficient (Wildman–Crippen LogP) is 3.26. The quantitative estimate of drug-likeness (QED) is 0.498. The minimum atomic E-state index is -1.47. The second kappa shape index (κ2) is 10.7. The van der Waals surface area contributed by atoms with Gasteiger partial charge in [0.2, 0.25) is 5.60 Å². The first-order chi connectivity index (χ1) is 16.1. The Balaban J connectivity index is 1.65. The molecule has 0 aromatic heterocycles. The summed E-state index contributed by atoms with van der Waals surface area (Å²) in [7, 11) is 0. The molecule has 9 nitrogen and oxygen atoms in total. The van der Waals surface area contributed by atoms with Crippen LogP contribution in [-0.2, 0) is 24.0 Å². The molecule has 178 valence electrons. The zero-order valence-electron chi connectivity index (χ0n) is 17.9. The molecular weight excluding hydrogens is 487 g/mol. The Kier molecular flexibility index (Phi) is 7.90. The maximum absolute atomic E-state index is 12.9. The molecule has 2 N–H and O–H groups in total. The maximum atomic E-state index is 12.9. The topological polar surface area (TPSA) is 131 Å². The van der Waals surface area contributed by atoms with E-state index in [-0.39, 0.29) is 22.0 Å². The molecule has 0 saturated heterocycles. The summed E-state index contributed by atoms with van der Waals surface area (Å²) in [5.41, 5.74) is -0.286. The molecule has 0 fully saturated rings. The number of carbonyl (C=O) groups excluding carboxylic acids is 3. The van der Waals surface area contributed by atoms with E-state index in [1.54, 1.807) is 0 Å². The summed E-state index contributed by atoms with van der Waals surface area (Å²) >= 11 is 11.9. The summed E-state index contributed by atoms with van der Waals surface area (Å²) in [5, 5.41) is 15.6. The van der Waals surface area contributed by atoms with Crippen LogP contribution in [0.2, 0.25) is 10.0 Å². The molecule has 1 aliphatic rings. The van der Waals surface area contributed by atoms with E-state index in [1.807, 2.05) is 30.3 Å². The Bertz CT molecular complexity index is 1130. The van der Waals surface area contributed by atoms with Gasteiger partial charge >= 0.3 is 11.9 Å². The average Bonchev–Trinajstić information content (AvgIpc) is 3.20. The lowest BCUT2D eigenvalue weighted by Crippen LogP contribution is -2.52. The van der Waals surface area contributed by atoms with Crippen LogP contribution in [0, 0.1) is 0 Å². The Morgan fingerprint density at radius 3 is 2.38 bits per heavy atom. The first-order valence-corrected chi connectivity index (χ1v) is 10.8. The smallest absolute Gasteiger partial charge is 0.341 e. The van der Waals surface area contributed by atoms with Crippen molar-refractivity contribution in [1.82, 2.24) is 5.32 Å². The minimum absolute atomic E-state index is 0.0286. The van der Waals surface area contributed by atoms with Gasteiger partial charge in [0, 0.05) is 6.42 Å². The summed E-state index contributed by atoms with van der Waals surface area (Å²) in [5.74, 6) is -3.87. The highest BCUT2D eigenvalue weighted by atomic mass is 35.5. The second-order valence-corrected chi connectivity index (χ2v) is 8.48. The van der Waals surface area contributed by atoms with E-state index in [0.717, 1.165) is 5.56 Å². The Hall–Kier alpha value is -3.43. The zero-order chi connectivity index (χ0) is 24.9. The van der Waals surface area contributed by atoms with Gasteiger partial charge in [-0.25, -0.2) is 4.79 Å². The fraction of sp³-hybridized carbons (Fsp3) is 0.261. The number of Topliss-reactive ketones (excluding diaryl/α,β-unsaturated/α-hetero) is 1. The van der Waals surface area contributed by atoms with Crippen LogP contribution >= 0.6 is 23.2 Å². The number of esters is 1. The first-order valence-electron chi connectivity index (χ1n) is 10.1. The number of aliphatic carboxylic acids is 1. The largest absolute Gasteiger partial charge is 0.481 e. The highest BCUT2D eigenvalue weighted by Gasteiger charge is 2.43. The van der Waals surface area contributed by atoms with Gasteiger partial charge in [0.05, 0.1) is 27.7 Å².